The summed E-state index contributed by atoms with van der Waals surface area (Å²) in [6, 6.07) is 5.93. The first-order chi connectivity index (χ1) is 8.31. The minimum absolute atomic E-state index is 0.113. The number of hydrogen-bond acceptors (Lipinski definition) is 3. The van der Waals surface area contributed by atoms with Crippen molar-refractivity contribution in [2.75, 3.05) is 19.5 Å². The van der Waals surface area contributed by atoms with E-state index >= 15 is 0 Å². The van der Waals surface area contributed by atoms with Crippen molar-refractivity contribution in [2.45, 2.75) is 19.1 Å². The molecular formula is C14H18O2S. The van der Waals surface area contributed by atoms with E-state index in [-0.39, 0.29) is 6.61 Å². The summed E-state index contributed by atoms with van der Waals surface area (Å²) in [4.78, 5) is 0. The van der Waals surface area contributed by atoms with Gasteiger partial charge in [-0.05, 0) is 29.5 Å². The minimum atomic E-state index is 0.113. The fraction of sp³-hybridized carbons (Fsp3) is 0.429. The Morgan fingerprint density at radius 2 is 2.24 bits per heavy atom. The standard InChI is InChI=1S/C14H18O2S/c1-3-17-11-13-10-14(16-2)8-7-12(13)6-4-5-9-15/h7-8,10,15H,3,5,9,11H2,1-2H3. The lowest BCUT2D eigenvalue weighted by molar-refractivity contribution is 0.305. The molecule has 0 aromatic heterocycles. The maximum absolute atomic E-state index is 8.71. The van der Waals surface area contributed by atoms with Crippen LogP contribution in [0.2, 0.25) is 0 Å². The molecule has 2 nitrogen and oxygen atoms in total. The van der Waals surface area contributed by atoms with Crippen molar-refractivity contribution in [3.05, 3.63) is 29.3 Å². The van der Waals surface area contributed by atoms with Gasteiger partial charge in [0.2, 0.25) is 0 Å². The molecule has 17 heavy (non-hydrogen) atoms. The van der Waals surface area contributed by atoms with Gasteiger partial charge in [0.05, 0.1) is 13.7 Å². The molecular weight excluding hydrogens is 232 g/mol. The molecule has 0 unspecified atom stereocenters. The summed E-state index contributed by atoms with van der Waals surface area (Å²) in [7, 11) is 1.67. The van der Waals surface area contributed by atoms with Gasteiger partial charge in [-0.1, -0.05) is 18.8 Å². The Balaban J connectivity index is 2.90. The molecule has 1 aromatic rings. The smallest absolute Gasteiger partial charge is 0.119 e. The van der Waals surface area contributed by atoms with Crippen LogP contribution in [0.1, 0.15) is 24.5 Å². The van der Waals surface area contributed by atoms with E-state index in [0.29, 0.717) is 6.42 Å². The SMILES string of the molecule is CCSCc1cc(OC)ccc1C#CCCO. The summed E-state index contributed by atoms with van der Waals surface area (Å²) in [6.45, 7) is 2.25. The van der Waals surface area contributed by atoms with Gasteiger partial charge >= 0.3 is 0 Å². The topological polar surface area (TPSA) is 29.5 Å². The highest BCUT2D eigenvalue weighted by molar-refractivity contribution is 7.98. The quantitative estimate of drug-likeness (QED) is 0.815. The lowest BCUT2D eigenvalue weighted by Crippen LogP contribution is -1.91. The predicted molar refractivity (Wildman–Crippen MR) is 73.4 cm³/mol. The van der Waals surface area contributed by atoms with Crippen LogP contribution < -0.4 is 4.74 Å². The van der Waals surface area contributed by atoms with Crippen LogP contribution in [0.15, 0.2) is 18.2 Å². The molecule has 0 aliphatic rings. The van der Waals surface area contributed by atoms with Crippen LogP contribution in [0.5, 0.6) is 5.75 Å². The van der Waals surface area contributed by atoms with E-state index in [0.717, 1.165) is 22.8 Å². The first-order valence-corrected chi connectivity index (χ1v) is 6.81. The molecule has 0 atom stereocenters. The Bertz CT molecular complexity index is 404. The third-order valence-electron chi connectivity index (χ3n) is 2.23. The van der Waals surface area contributed by atoms with Crippen LogP contribution in [0, 0.1) is 11.8 Å². The predicted octanol–water partition coefficient (Wildman–Crippen LogP) is 2.68. The Kier molecular flexibility index (Phi) is 6.61. The van der Waals surface area contributed by atoms with E-state index in [2.05, 4.69) is 18.8 Å². The highest BCUT2D eigenvalue weighted by Gasteiger charge is 2.02. The molecule has 0 aliphatic heterocycles. The maximum Gasteiger partial charge on any atom is 0.119 e. The van der Waals surface area contributed by atoms with Crippen LogP contribution in [-0.4, -0.2) is 24.6 Å². The molecule has 1 rings (SSSR count). The summed E-state index contributed by atoms with van der Waals surface area (Å²) in [6.07, 6.45) is 0.520. The molecule has 1 N–H and O–H groups in total. The van der Waals surface area contributed by atoms with Crippen LogP contribution in [0.25, 0.3) is 0 Å². The number of rotatable bonds is 5. The van der Waals surface area contributed by atoms with Gasteiger partial charge in [-0.15, -0.1) is 0 Å². The summed E-state index contributed by atoms with van der Waals surface area (Å²) in [5.41, 5.74) is 2.22. The molecule has 0 spiro atoms. The molecule has 0 bridgehead atoms. The van der Waals surface area contributed by atoms with Crippen LogP contribution in [0.4, 0.5) is 0 Å². The average molecular weight is 250 g/mol. The van der Waals surface area contributed by atoms with Gasteiger partial charge in [0.25, 0.3) is 0 Å². The number of thioether (sulfide) groups is 1. The average Bonchev–Trinajstić information content (AvgIpc) is 2.37. The lowest BCUT2D eigenvalue weighted by Gasteiger charge is -2.06. The van der Waals surface area contributed by atoms with Gasteiger partial charge in [-0.2, -0.15) is 11.8 Å². The molecule has 0 saturated carbocycles. The second-order valence-electron chi connectivity index (χ2n) is 3.44. The second kappa shape index (κ2) is 8.05. The summed E-state index contributed by atoms with van der Waals surface area (Å²) < 4.78 is 5.22. The van der Waals surface area contributed by atoms with Gasteiger partial charge in [0, 0.05) is 17.7 Å². The molecule has 0 amide bonds. The van der Waals surface area contributed by atoms with E-state index in [9.17, 15) is 0 Å². The third-order valence-corrected chi connectivity index (χ3v) is 3.16. The van der Waals surface area contributed by atoms with Crippen molar-refractivity contribution in [2.24, 2.45) is 0 Å². The number of benzene rings is 1. The third kappa shape index (κ3) is 4.72. The molecule has 0 heterocycles. The molecule has 1 aromatic carbocycles. The van der Waals surface area contributed by atoms with E-state index in [1.54, 1.807) is 7.11 Å². The van der Waals surface area contributed by atoms with Crippen molar-refractivity contribution in [3.63, 3.8) is 0 Å². The largest absolute Gasteiger partial charge is 0.497 e. The summed E-state index contributed by atoms with van der Waals surface area (Å²) in [5, 5.41) is 8.71. The summed E-state index contributed by atoms with van der Waals surface area (Å²) >= 11 is 1.86. The van der Waals surface area contributed by atoms with Gasteiger partial charge in [-0.25, -0.2) is 0 Å². The maximum atomic E-state index is 8.71. The van der Waals surface area contributed by atoms with Crippen molar-refractivity contribution in [3.8, 4) is 17.6 Å². The number of hydrogen-bond donors (Lipinski definition) is 1. The minimum Gasteiger partial charge on any atom is -0.497 e. The fourth-order valence-electron chi connectivity index (χ4n) is 1.36. The van der Waals surface area contributed by atoms with E-state index in [1.807, 2.05) is 30.0 Å². The second-order valence-corrected chi connectivity index (χ2v) is 4.71. The monoisotopic (exact) mass is 250 g/mol. The van der Waals surface area contributed by atoms with E-state index in [1.165, 1.54) is 5.56 Å². The lowest BCUT2D eigenvalue weighted by atomic mass is 10.1. The van der Waals surface area contributed by atoms with Crippen molar-refractivity contribution in [1.82, 2.24) is 0 Å². The zero-order valence-corrected chi connectivity index (χ0v) is 11.1. The molecule has 0 aliphatic carbocycles. The molecule has 0 saturated heterocycles. The highest BCUT2D eigenvalue weighted by Crippen LogP contribution is 2.21. The first-order valence-electron chi connectivity index (χ1n) is 5.66. The molecule has 0 fully saturated rings. The highest BCUT2D eigenvalue weighted by atomic mass is 32.2. The zero-order valence-electron chi connectivity index (χ0n) is 10.3. The van der Waals surface area contributed by atoms with Crippen molar-refractivity contribution >= 4 is 11.8 Å². The summed E-state index contributed by atoms with van der Waals surface area (Å²) in [5.74, 6) is 8.94. The Morgan fingerprint density at radius 1 is 1.41 bits per heavy atom. The van der Waals surface area contributed by atoms with Gasteiger partial charge in [-0.3, -0.25) is 0 Å². The van der Waals surface area contributed by atoms with Crippen LogP contribution >= 0.6 is 11.8 Å². The number of aliphatic hydroxyl groups excluding tert-OH is 1. The fourth-order valence-corrected chi connectivity index (χ4v) is 2.03. The van der Waals surface area contributed by atoms with Crippen molar-refractivity contribution in [1.29, 1.82) is 0 Å². The van der Waals surface area contributed by atoms with Crippen LogP contribution in [0.3, 0.4) is 0 Å². The molecule has 3 heteroatoms. The normalized spacial score (nSPS) is 9.59. The molecule has 0 radical (unpaired) electrons. The Morgan fingerprint density at radius 3 is 2.88 bits per heavy atom. The van der Waals surface area contributed by atoms with E-state index < -0.39 is 0 Å². The van der Waals surface area contributed by atoms with Gasteiger partial charge in [0.1, 0.15) is 5.75 Å². The van der Waals surface area contributed by atoms with Gasteiger partial charge < -0.3 is 9.84 Å². The first kappa shape index (κ1) is 14.0. The molecule has 92 valence electrons. The number of ether oxygens (including phenoxy) is 1. The Hall–Kier alpha value is -1.11. The van der Waals surface area contributed by atoms with Crippen LogP contribution in [-0.2, 0) is 5.75 Å². The van der Waals surface area contributed by atoms with Crippen molar-refractivity contribution < 1.29 is 9.84 Å². The van der Waals surface area contributed by atoms with E-state index in [4.69, 9.17) is 9.84 Å². The zero-order chi connectivity index (χ0) is 12.5. The Labute approximate surface area is 107 Å². The van der Waals surface area contributed by atoms with Gasteiger partial charge in [0.15, 0.2) is 0 Å². The number of methoxy groups -OCH3 is 1. The number of aliphatic hydroxyl groups is 1.